The summed E-state index contributed by atoms with van der Waals surface area (Å²) in [5, 5.41) is 0. The van der Waals surface area contributed by atoms with Gasteiger partial charge in [-0.2, -0.15) is 0 Å². The third-order valence-electron chi connectivity index (χ3n) is 3.08. The van der Waals surface area contributed by atoms with Gasteiger partial charge < -0.3 is 10.3 Å². The summed E-state index contributed by atoms with van der Waals surface area (Å²) in [6.45, 7) is 2.22. The normalized spacial score (nSPS) is 10.3. The van der Waals surface area contributed by atoms with Crippen LogP contribution in [0.4, 0.5) is 10.1 Å². The molecule has 0 bridgehead atoms. The Hall–Kier alpha value is -2.47. The van der Waals surface area contributed by atoms with E-state index in [1.54, 1.807) is 7.05 Å². The van der Waals surface area contributed by atoms with Gasteiger partial charge in [-0.25, -0.2) is 4.39 Å². The van der Waals surface area contributed by atoms with Crippen LogP contribution in [0.25, 0.3) is 0 Å². The van der Waals surface area contributed by atoms with Gasteiger partial charge in [0.05, 0.1) is 23.5 Å². The van der Waals surface area contributed by atoms with Gasteiger partial charge in [0.2, 0.25) is 0 Å². The minimum Gasteiger partial charge on any atom is -0.336 e. The van der Waals surface area contributed by atoms with Gasteiger partial charge in [0.15, 0.2) is 0 Å². The molecular weight excluding hydrogens is 271 g/mol. The van der Waals surface area contributed by atoms with E-state index in [0.29, 0.717) is 6.54 Å². The number of pyridine rings is 1. The first-order valence-electron chi connectivity index (χ1n) is 6.46. The van der Waals surface area contributed by atoms with Crippen molar-refractivity contribution >= 4 is 11.6 Å². The SMILES string of the molecule is Cc1cccc(CN(C)C(=O)c2cccc(F)c2NN)n1. The zero-order chi connectivity index (χ0) is 15.4. The molecule has 0 aliphatic rings. The molecule has 0 spiro atoms. The molecule has 0 aliphatic carbocycles. The molecule has 5 nitrogen and oxygen atoms in total. The van der Waals surface area contributed by atoms with Crippen LogP contribution in [0, 0.1) is 12.7 Å². The number of nitrogen functional groups attached to an aromatic ring is 1. The first kappa shape index (κ1) is 14.9. The number of nitrogens with two attached hydrogens (primary N) is 1. The van der Waals surface area contributed by atoms with Gasteiger partial charge in [-0.15, -0.1) is 0 Å². The van der Waals surface area contributed by atoms with Crippen molar-refractivity contribution in [3.8, 4) is 0 Å². The summed E-state index contributed by atoms with van der Waals surface area (Å²) in [6, 6.07) is 9.85. The number of amides is 1. The Labute approximate surface area is 122 Å². The Morgan fingerprint density at radius 2 is 2.05 bits per heavy atom. The standard InChI is InChI=1S/C15H17FN4O/c1-10-5-3-6-11(18-10)9-20(2)15(21)12-7-4-8-13(16)14(12)19-17/h3-8,19H,9,17H2,1-2H3. The number of benzene rings is 1. The zero-order valence-corrected chi connectivity index (χ0v) is 11.9. The maximum absolute atomic E-state index is 13.6. The Kier molecular flexibility index (Phi) is 4.49. The highest BCUT2D eigenvalue weighted by atomic mass is 19.1. The molecule has 0 saturated carbocycles. The molecule has 1 amide bonds. The van der Waals surface area contributed by atoms with E-state index in [0.717, 1.165) is 11.4 Å². The van der Waals surface area contributed by atoms with Crippen molar-refractivity contribution in [3.63, 3.8) is 0 Å². The van der Waals surface area contributed by atoms with Gasteiger partial charge in [0.1, 0.15) is 5.82 Å². The number of aromatic nitrogens is 1. The summed E-state index contributed by atoms with van der Waals surface area (Å²) >= 11 is 0. The lowest BCUT2D eigenvalue weighted by Gasteiger charge is -2.19. The van der Waals surface area contributed by atoms with Crippen molar-refractivity contribution in [2.75, 3.05) is 12.5 Å². The van der Waals surface area contributed by atoms with Crippen LogP contribution in [0.5, 0.6) is 0 Å². The molecule has 2 aromatic rings. The molecule has 0 saturated heterocycles. The van der Waals surface area contributed by atoms with Crippen LogP contribution >= 0.6 is 0 Å². The molecule has 3 N–H and O–H groups in total. The van der Waals surface area contributed by atoms with Crippen LogP contribution in [-0.2, 0) is 6.54 Å². The number of hydrogen-bond acceptors (Lipinski definition) is 4. The number of rotatable bonds is 4. The fourth-order valence-electron chi connectivity index (χ4n) is 2.06. The number of aryl methyl sites for hydroxylation is 1. The molecule has 110 valence electrons. The third-order valence-corrected chi connectivity index (χ3v) is 3.08. The summed E-state index contributed by atoms with van der Waals surface area (Å²) in [5.41, 5.74) is 4.06. The van der Waals surface area contributed by atoms with Crippen LogP contribution in [0.15, 0.2) is 36.4 Å². The van der Waals surface area contributed by atoms with E-state index in [2.05, 4.69) is 10.4 Å². The monoisotopic (exact) mass is 288 g/mol. The van der Waals surface area contributed by atoms with Crippen molar-refractivity contribution in [2.24, 2.45) is 5.84 Å². The van der Waals surface area contributed by atoms with E-state index in [1.165, 1.54) is 23.1 Å². The van der Waals surface area contributed by atoms with Gasteiger partial charge in [-0.05, 0) is 31.2 Å². The third kappa shape index (κ3) is 3.35. The topological polar surface area (TPSA) is 71.2 Å². The highest BCUT2D eigenvalue weighted by Crippen LogP contribution is 2.20. The van der Waals surface area contributed by atoms with E-state index < -0.39 is 5.82 Å². The van der Waals surface area contributed by atoms with Gasteiger partial charge in [-0.1, -0.05) is 12.1 Å². The van der Waals surface area contributed by atoms with E-state index in [9.17, 15) is 9.18 Å². The van der Waals surface area contributed by atoms with Crippen molar-refractivity contribution in [1.82, 2.24) is 9.88 Å². The lowest BCUT2D eigenvalue weighted by molar-refractivity contribution is 0.0784. The number of carbonyl (C=O) groups is 1. The van der Waals surface area contributed by atoms with Crippen molar-refractivity contribution in [1.29, 1.82) is 0 Å². The average molecular weight is 288 g/mol. The molecule has 1 aromatic heterocycles. The summed E-state index contributed by atoms with van der Waals surface area (Å²) < 4.78 is 13.6. The number of hydrazine groups is 1. The Bertz CT molecular complexity index is 660. The second kappa shape index (κ2) is 6.32. The number of anilines is 1. The summed E-state index contributed by atoms with van der Waals surface area (Å²) in [4.78, 5) is 18.2. The average Bonchev–Trinajstić information content (AvgIpc) is 2.46. The molecule has 21 heavy (non-hydrogen) atoms. The van der Waals surface area contributed by atoms with Gasteiger partial charge in [0.25, 0.3) is 5.91 Å². The van der Waals surface area contributed by atoms with Crippen LogP contribution in [0.1, 0.15) is 21.7 Å². The van der Waals surface area contributed by atoms with E-state index in [-0.39, 0.29) is 17.2 Å². The Morgan fingerprint density at radius 1 is 1.33 bits per heavy atom. The number of nitrogens with one attached hydrogen (secondary N) is 1. The predicted octanol–water partition coefficient (Wildman–Crippen LogP) is 2.09. The van der Waals surface area contributed by atoms with Crippen LogP contribution in [0.2, 0.25) is 0 Å². The predicted molar refractivity (Wildman–Crippen MR) is 79.0 cm³/mol. The summed E-state index contributed by atoms with van der Waals surface area (Å²) in [6.07, 6.45) is 0. The lowest BCUT2D eigenvalue weighted by atomic mass is 10.1. The number of nitrogens with zero attached hydrogens (tertiary/aromatic N) is 2. The first-order chi connectivity index (χ1) is 10.0. The maximum Gasteiger partial charge on any atom is 0.256 e. The van der Waals surface area contributed by atoms with Crippen LogP contribution in [0.3, 0.4) is 0 Å². The molecule has 0 aliphatic heterocycles. The minimum absolute atomic E-state index is 0.00782. The maximum atomic E-state index is 13.6. The molecule has 0 radical (unpaired) electrons. The molecule has 0 fully saturated rings. The smallest absolute Gasteiger partial charge is 0.256 e. The van der Waals surface area contributed by atoms with Gasteiger partial charge in [-0.3, -0.25) is 15.6 Å². The summed E-state index contributed by atoms with van der Waals surface area (Å²) in [5.74, 6) is 4.40. The highest BCUT2D eigenvalue weighted by molar-refractivity contribution is 5.99. The zero-order valence-electron chi connectivity index (χ0n) is 11.9. The van der Waals surface area contributed by atoms with E-state index in [1.807, 2.05) is 25.1 Å². The van der Waals surface area contributed by atoms with Crippen molar-refractivity contribution < 1.29 is 9.18 Å². The van der Waals surface area contributed by atoms with Gasteiger partial charge in [0, 0.05) is 12.7 Å². The van der Waals surface area contributed by atoms with Gasteiger partial charge >= 0.3 is 0 Å². The van der Waals surface area contributed by atoms with Crippen LogP contribution < -0.4 is 11.3 Å². The second-order valence-corrected chi connectivity index (χ2v) is 4.74. The fraction of sp³-hybridized carbons (Fsp3) is 0.200. The van der Waals surface area contributed by atoms with E-state index >= 15 is 0 Å². The molecule has 0 atom stereocenters. The molecule has 6 heteroatoms. The number of carbonyl (C=O) groups excluding carboxylic acids is 1. The van der Waals surface area contributed by atoms with Crippen LogP contribution in [-0.4, -0.2) is 22.8 Å². The number of halogens is 1. The Morgan fingerprint density at radius 3 is 2.71 bits per heavy atom. The van der Waals surface area contributed by atoms with E-state index in [4.69, 9.17) is 5.84 Å². The van der Waals surface area contributed by atoms with Crippen molar-refractivity contribution in [2.45, 2.75) is 13.5 Å². The largest absolute Gasteiger partial charge is 0.336 e. The molecule has 0 unspecified atom stereocenters. The molecular formula is C15H17FN4O. The van der Waals surface area contributed by atoms with Crippen molar-refractivity contribution in [3.05, 3.63) is 59.2 Å². The molecule has 1 aromatic carbocycles. The lowest BCUT2D eigenvalue weighted by Crippen LogP contribution is -2.28. The molecule has 2 rings (SSSR count). The Balaban J connectivity index is 2.22. The quantitative estimate of drug-likeness (QED) is 0.667. The number of hydrogen-bond donors (Lipinski definition) is 2. The summed E-state index contributed by atoms with van der Waals surface area (Å²) in [7, 11) is 1.64. The first-order valence-corrected chi connectivity index (χ1v) is 6.46. The molecule has 1 heterocycles. The highest BCUT2D eigenvalue weighted by Gasteiger charge is 2.18. The second-order valence-electron chi connectivity index (χ2n) is 4.74. The minimum atomic E-state index is -0.564. The number of para-hydroxylation sites is 1. The fourth-order valence-corrected chi connectivity index (χ4v) is 2.06.